The summed E-state index contributed by atoms with van der Waals surface area (Å²) in [5.41, 5.74) is 7.22. The third-order valence-electron chi connectivity index (χ3n) is 2.26. The molecule has 98 valence electrons. The summed E-state index contributed by atoms with van der Waals surface area (Å²) in [5.74, 6) is -0.482. The number of hydrogen-bond acceptors (Lipinski definition) is 3. The first-order valence-electron chi connectivity index (χ1n) is 5.44. The number of hydrogen-bond donors (Lipinski definition) is 2. The molecule has 1 atom stereocenters. The lowest BCUT2D eigenvalue weighted by Crippen LogP contribution is -2.15. The van der Waals surface area contributed by atoms with Crippen LogP contribution < -0.4 is 10.5 Å². The second kappa shape index (κ2) is 6.42. The van der Waals surface area contributed by atoms with Crippen LogP contribution in [0.5, 0.6) is 5.75 Å². The molecule has 0 radical (unpaired) electrons. The molecular formula is C13H16ClNO3. The lowest BCUT2D eigenvalue weighted by atomic mass is 10.0. The van der Waals surface area contributed by atoms with Crippen molar-refractivity contribution in [3.05, 3.63) is 40.9 Å². The van der Waals surface area contributed by atoms with Crippen molar-refractivity contribution in [1.82, 2.24) is 0 Å². The van der Waals surface area contributed by atoms with Gasteiger partial charge in [-0.15, -0.1) is 0 Å². The monoisotopic (exact) mass is 269 g/mol. The highest BCUT2D eigenvalue weighted by molar-refractivity contribution is 6.32. The first-order chi connectivity index (χ1) is 8.41. The summed E-state index contributed by atoms with van der Waals surface area (Å²) in [6.45, 7) is 5.93. The molecular weight excluding hydrogens is 254 g/mol. The van der Waals surface area contributed by atoms with Crippen LogP contribution in [-0.4, -0.2) is 17.7 Å². The second-order valence-corrected chi connectivity index (χ2v) is 4.49. The van der Waals surface area contributed by atoms with Gasteiger partial charge in [0, 0.05) is 6.04 Å². The standard InChI is InChI=1S/C13H16ClNO3/c1-8(2)7-18-11-5-3-4-9(13(11)14)10(15)6-12(16)17/h3-5,10H,1,6-7,15H2,2H3,(H,16,17). The number of benzene rings is 1. The van der Waals surface area contributed by atoms with Gasteiger partial charge in [-0.25, -0.2) is 0 Å². The van der Waals surface area contributed by atoms with E-state index in [-0.39, 0.29) is 6.42 Å². The maximum Gasteiger partial charge on any atom is 0.305 e. The fraction of sp³-hybridized carbons (Fsp3) is 0.308. The fourth-order valence-electron chi connectivity index (χ4n) is 1.42. The number of carboxylic acid groups (broad SMARTS) is 1. The van der Waals surface area contributed by atoms with Gasteiger partial charge in [-0.3, -0.25) is 4.79 Å². The van der Waals surface area contributed by atoms with Gasteiger partial charge in [0.05, 0.1) is 11.4 Å². The number of rotatable bonds is 6. The molecule has 5 heteroatoms. The van der Waals surface area contributed by atoms with Crippen LogP contribution in [0.4, 0.5) is 0 Å². The first-order valence-corrected chi connectivity index (χ1v) is 5.82. The predicted octanol–water partition coefficient (Wildman–Crippen LogP) is 2.77. The van der Waals surface area contributed by atoms with Gasteiger partial charge in [-0.2, -0.15) is 0 Å². The van der Waals surface area contributed by atoms with E-state index in [1.54, 1.807) is 18.2 Å². The van der Waals surface area contributed by atoms with Gasteiger partial charge in [-0.05, 0) is 24.1 Å². The Balaban J connectivity index is 2.90. The number of carboxylic acids is 1. The van der Waals surface area contributed by atoms with E-state index in [4.69, 9.17) is 27.2 Å². The van der Waals surface area contributed by atoms with Crippen LogP contribution in [0.1, 0.15) is 24.9 Å². The smallest absolute Gasteiger partial charge is 0.305 e. The Bertz CT molecular complexity index is 460. The average molecular weight is 270 g/mol. The molecule has 0 fully saturated rings. The Morgan fingerprint density at radius 3 is 2.83 bits per heavy atom. The van der Waals surface area contributed by atoms with Crippen LogP contribution in [0.3, 0.4) is 0 Å². The molecule has 0 heterocycles. The summed E-state index contributed by atoms with van der Waals surface area (Å²) < 4.78 is 5.46. The number of aliphatic carboxylic acids is 1. The van der Waals surface area contributed by atoms with Gasteiger partial charge >= 0.3 is 5.97 Å². The molecule has 0 aliphatic rings. The molecule has 18 heavy (non-hydrogen) atoms. The van der Waals surface area contributed by atoms with E-state index in [2.05, 4.69) is 6.58 Å². The maximum atomic E-state index is 10.6. The molecule has 0 amide bonds. The predicted molar refractivity (Wildman–Crippen MR) is 70.9 cm³/mol. The lowest BCUT2D eigenvalue weighted by molar-refractivity contribution is -0.137. The fourth-order valence-corrected chi connectivity index (χ4v) is 1.75. The summed E-state index contributed by atoms with van der Waals surface area (Å²) >= 11 is 6.14. The van der Waals surface area contributed by atoms with Crippen molar-refractivity contribution in [2.45, 2.75) is 19.4 Å². The zero-order valence-electron chi connectivity index (χ0n) is 10.1. The zero-order valence-corrected chi connectivity index (χ0v) is 10.9. The van der Waals surface area contributed by atoms with Gasteiger partial charge in [0.15, 0.2) is 0 Å². The van der Waals surface area contributed by atoms with Crippen molar-refractivity contribution in [2.75, 3.05) is 6.61 Å². The normalized spacial score (nSPS) is 11.9. The highest BCUT2D eigenvalue weighted by Gasteiger charge is 2.16. The van der Waals surface area contributed by atoms with Gasteiger partial charge in [0.1, 0.15) is 12.4 Å². The molecule has 0 saturated heterocycles. The summed E-state index contributed by atoms with van der Waals surface area (Å²) in [6, 6.07) is 4.49. The molecule has 1 rings (SSSR count). The van der Waals surface area contributed by atoms with Gasteiger partial charge in [0.2, 0.25) is 0 Å². The molecule has 0 aliphatic heterocycles. The SMILES string of the molecule is C=C(C)COc1cccc(C(N)CC(=O)O)c1Cl. The van der Waals surface area contributed by atoms with Gasteiger partial charge in [0.25, 0.3) is 0 Å². The zero-order chi connectivity index (χ0) is 13.7. The van der Waals surface area contributed by atoms with E-state index in [1.807, 2.05) is 6.92 Å². The molecule has 0 spiro atoms. The van der Waals surface area contributed by atoms with Crippen LogP contribution in [0.15, 0.2) is 30.4 Å². The largest absolute Gasteiger partial charge is 0.488 e. The van der Waals surface area contributed by atoms with Crippen molar-refractivity contribution < 1.29 is 14.6 Å². The summed E-state index contributed by atoms with van der Waals surface area (Å²) in [6.07, 6.45) is -0.177. The number of nitrogens with two attached hydrogens (primary N) is 1. The minimum Gasteiger partial charge on any atom is -0.488 e. The highest BCUT2D eigenvalue weighted by Crippen LogP contribution is 2.32. The molecule has 1 aromatic carbocycles. The van der Waals surface area contributed by atoms with E-state index < -0.39 is 12.0 Å². The summed E-state index contributed by atoms with van der Waals surface area (Å²) in [4.78, 5) is 10.6. The highest BCUT2D eigenvalue weighted by atomic mass is 35.5. The summed E-state index contributed by atoms with van der Waals surface area (Å²) in [5, 5.41) is 9.07. The number of ether oxygens (including phenoxy) is 1. The Morgan fingerprint density at radius 2 is 2.28 bits per heavy atom. The van der Waals surface area contributed by atoms with E-state index in [1.165, 1.54) is 0 Å². The minimum absolute atomic E-state index is 0.177. The van der Waals surface area contributed by atoms with Crippen LogP contribution in [0.2, 0.25) is 5.02 Å². The topological polar surface area (TPSA) is 72.5 Å². The van der Waals surface area contributed by atoms with Crippen molar-refractivity contribution >= 4 is 17.6 Å². The van der Waals surface area contributed by atoms with Crippen molar-refractivity contribution in [2.24, 2.45) is 5.73 Å². The van der Waals surface area contributed by atoms with Crippen LogP contribution in [-0.2, 0) is 4.79 Å². The number of carbonyl (C=O) groups is 1. The van der Waals surface area contributed by atoms with E-state index in [9.17, 15) is 4.79 Å². The van der Waals surface area contributed by atoms with Gasteiger partial charge < -0.3 is 15.6 Å². The third-order valence-corrected chi connectivity index (χ3v) is 2.67. The molecule has 0 aromatic heterocycles. The van der Waals surface area contributed by atoms with Gasteiger partial charge in [-0.1, -0.05) is 30.3 Å². The van der Waals surface area contributed by atoms with Crippen molar-refractivity contribution in [3.8, 4) is 5.75 Å². The summed E-state index contributed by atoms with van der Waals surface area (Å²) in [7, 11) is 0. The molecule has 1 aromatic rings. The number of halogens is 1. The Kier molecular flexibility index (Phi) is 5.19. The minimum atomic E-state index is -0.966. The maximum absolute atomic E-state index is 10.6. The van der Waals surface area contributed by atoms with E-state index in [0.717, 1.165) is 5.57 Å². The Hall–Kier alpha value is -1.52. The molecule has 0 aliphatic carbocycles. The third kappa shape index (κ3) is 4.05. The van der Waals surface area contributed by atoms with Crippen molar-refractivity contribution in [3.63, 3.8) is 0 Å². The molecule has 1 unspecified atom stereocenters. The van der Waals surface area contributed by atoms with Crippen LogP contribution in [0.25, 0.3) is 0 Å². The Morgan fingerprint density at radius 1 is 1.61 bits per heavy atom. The molecule has 3 N–H and O–H groups in total. The second-order valence-electron chi connectivity index (χ2n) is 4.11. The van der Waals surface area contributed by atoms with Crippen molar-refractivity contribution in [1.29, 1.82) is 0 Å². The first kappa shape index (κ1) is 14.5. The van der Waals surface area contributed by atoms with E-state index >= 15 is 0 Å². The molecule has 0 saturated carbocycles. The quantitative estimate of drug-likeness (QED) is 0.779. The van der Waals surface area contributed by atoms with Crippen LogP contribution >= 0.6 is 11.6 Å². The lowest BCUT2D eigenvalue weighted by Gasteiger charge is -2.15. The molecule has 0 bridgehead atoms. The average Bonchev–Trinajstić information content (AvgIpc) is 2.26. The van der Waals surface area contributed by atoms with E-state index in [0.29, 0.717) is 22.9 Å². The Labute approximate surface area is 111 Å². The molecule has 4 nitrogen and oxygen atoms in total. The van der Waals surface area contributed by atoms with Crippen LogP contribution in [0, 0.1) is 0 Å².